The third kappa shape index (κ3) is 1.78. The molecule has 3 rings (SSSR count). The molecular formula is C14H16N4O. The maximum Gasteiger partial charge on any atom is 0.255 e. The molecule has 5 nitrogen and oxygen atoms in total. The zero-order valence-electron chi connectivity index (χ0n) is 11.2. The minimum absolute atomic E-state index is 0.0537. The Labute approximate surface area is 111 Å². The van der Waals surface area contributed by atoms with Crippen LogP contribution in [0.1, 0.15) is 33.5 Å². The second-order valence-electron chi connectivity index (χ2n) is 4.80. The van der Waals surface area contributed by atoms with Gasteiger partial charge in [-0.25, -0.2) is 0 Å². The lowest BCUT2D eigenvalue weighted by atomic mass is 10.0. The second kappa shape index (κ2) is 4.12. The van der Waals surface area contributed by atoms with Crippen LogP contribution in [0.15, 0.2) is 24.3 Å². The van der Waals surface area contributed by atoms with Gasteiger partial charge in [-0.1, -0.05) is 12.1 Å². The molecule has 0 saturated heterocycles. The fourth-order valence-corrected chi connectivity index (χ4v) is 2.56. The Bertz CT molecular complexity index is 659. The van der Waals surface area contributed by atoms with E-state index in [-0.39, 0.29) is 12.1 Å². The van der Waals surface area contributed by atoms with Gasteiger partial charge in [0, 0.05) is 24.0 Å². The summed E-state index contributed by atoms with van der Waals surface area (Å²) in [7, 11) is 1.91. The molecule has 0 saturated carbocycles. The van der Waals surface area contributed by atoms with E-state index in [1.807, 2.05) is 49.8 Å². The SMILES string of the molecule is Cc1nn(C)c(C)c1C1NC(=O)c2ccccc2N1. The van der Waals surface area contributed by atoms with Crippen LogP contribution in [0, 0.1) is 13.8 Å². The average Bonchev–Trinajstić information content (AvgIpc) is 2.63. The van der Waals surface area contributed by atoms with Crippen LogP contribution in [-0.2, 0) is 7.05 Å². The minimum Gasteiger partial charge on any atom is -0.361 e. The van der Waals surface area contributed by atoms with Gasteiger partial charge in [-0.05, 0) is 26.0 Å². The summed E-state index contributed by atoms with van der Waals surface area (Å²) in [4.78, 5) is 12.1. The maximum atomic E-state index is 12.1. The molecule has 2 aromatic rings. The van der Waals surface area contributed by atoms with Crippen LogP contribution in [-0.4, -0.2) is 15.7 Å². The Morgan fingerprint density at radius 1 is 1.21 bits per heavy atom. The Hall–Kier alpha value is -2.30. The van der Waals surface area contributed by atoms with Gasteiger partial charge >= 0.3 is 0 Å². The molecule has 0 radical (unpaired) electrons. The number of nitrogens with zero attached hydrogens (tertiary/aromatic N) is 2. The largest absolute Gasteiger partial charge is 0.361 e. The van der Waals surface area contributed by atoms with Crippen molar-refractivity contribution in [2.75, 3.05) is 5.32 Å². The van der Waals surface area contributed by atoms with Crippen LogP contribution in [0.3, 0.4) is 0 Å². The first-order chi connectivity index (χ1) is 9.08. The first kappa shape index (κ1) is 11.8. The van der Waals surface area contributed by atoms with Crippen LogP contribution in [0.5, 0.6) is 0 Å². The summed E-state index contributed by atoms with van der Waals surface area (Å²) >= 11 is 0. The highest BCUT2D eigenvalue weighted by Gasteiger charge is 2.27. The van der Waals surface area contributed by atoms with Crippen molar-refractivity contribution in [3.8, 4) is 0 Å². The highest BCUT2D eigenvalue weighted by Crippen LogP contribution is 2.29. The minimum atomic E-state index is -0.226. The summed E-state index contributed by atoms with van der Waals surface area (Å²) < 4.78 is 1.83. The molecule has 1 amide bonds. The summed E-state index contributed by atoms with van der Waals surface area (Å²) in [5.41, 5.74) is 4.55. The number of hydrogen-bond donors (Lipinski definition) is 2. The first-order valence-corrected chi connectivity index (χ1v) is 6.24. The second-order valence-corrected chi connectivity index (χ2v) is 4.80. The molecule has 98 valence electrons. The number of carbonyl (C=O) groups is 1. The summed E-state index contributed by atoms with van der Waals surface area (Å²) in [6.45, 7) is 3.96. The smallest absolute Gasteiger partial charge is 0.255 e. The monoisotopic (exact) mass is 256 g/mol. The summed E-state index contributed by atoms with van der Waals surface area (Å²) in [5.74, 6) is -0.0537. The molecule has 0 spiro atoms. The van der Waals surface area contributed by atoms with Gasteiger partial charge < -0.3 is 10.6 Å². The van der Waals surface area contributed by atoms with Crippen molar-refractivity contribution in [1.29, 1.82) is 0 Å². The number of anilines is 1. The Morgan fingerprint density at radius 3 is 2.63 bits per heavy atom. The zero-order valence-corrected chi connectivity index (χ0v) is 11.2. The lowest BCUT2D eigenvalue weighted by Gasteiger charge is -2.28. The van der Waals surface area contributed by atoms with Gasteiger partial charge in [0.1, 0.15) is 6.17 Å². The quantitative estimate of drug-likeness (QED) is 0.819. The van der Waals surface area contributed by atoms with Crippen LogP contribution < -0.4 is 10.6 Å². The average molecular weight is 256 g/mol. The van der Waals surface area contributed by atoms with Crippen LogP contribution in [0.4, 0.5) is 5.69 Å². The van der Waals surface area contributed by atoms with E-state index in [0.717, 1.165) is 22.6 Å². The normalized spacial score (nSPS) is 17.6. The van der Waals surface area contributed by atoms with Gasteiger partial charge in [0.05, 0.1) is 11.3 Å². The van der Waals surface area contributed by atoms with Gasteiger partial charge in [-0.3, -0.25) is 9.48 Å². The number of aromatic nitrogens is 2. The van der Waals surface area contributed by atoms with Crippen molar-refractivity contribution >= 4 is 11.6 Å². The standard InChI is InChI=1S/C14H16N4O/c1-8-12(9(2)18(3)17-8)13-15-11-7-5-4-6-10(11)14(19)16-13/h4-7,13,15H,1-3H3,(H,16,19). The third-order valence-corrected chi connectivity index (χ3v) is 3.60. The van der Waals surface area contributed by atoms with E-state index in [1.165, 1.54) is 0 Å². The molecule has 2 heterocycles. The molecule has 2 N–H and O–H groups in total. The maximum absolute atomic E-state index is 12.1. The fourth-order valence-electron chi connectivity index (χ4n) is 2.56. The molecule has 1 aromatic heterocycles. The molecule has 19 heavy (non-hydrogen) atoms. The number of benzene rings is 1. The summed E-state index contributed by atoms with van der Waals surface area (Å²) in [6.07, 6.45) is -0.226. The van der Waals surface area contributed by atoms with E-state index < -0.39 is 0 Å². The van der Waals surface area contributed by atoms with Gasteiger partial charge in [0.25, 0.3) is 5.91 Å². The molecule has 1 aliphatic rings. The summed E-state index contributed by atoms with van der Waals surface area (Å²) in [5, 5.41) is 10.7. The van der Waals surface area contributed by atoms with Crippen LogP contribution in [0.2, 0.25) is 0 Å². The lowest BCUT2D eigenvalue weighted by molar-refractivity contribution is 0.0935. The van der Waals surface area contributed by atoms with E-state index in [9.17, 15) is 4.79 Å². The molecule has 0 bridgehead atoms. The Morgan fingerprint density at radius 2 is 1.95 bits per heavy atom. The number of amides is 1. The topological polar surface area (TPSA) is 59.0 Å². The highest BCUT2D eigenvalue weighted by molar-refractivity contribution is 6.01. The number of rotatable bonds is 1. The predicted octanol–water partition coefficient (Wildman–Crippen LogP) is 1.89. The van der Waals surface area contributed by atoms with E-state index >= 15 is 0 Å². The molecular weight excluding hydrogens is 240 g/mol. The molecule has 5 heteroatoms. The van der Waals surface area contributed by atoms with Gasteiger partial charge in [0.15, 0.2) is 0 Å². The predicted molar refractivity (Wildman–Crippen MR) is 73.0 cm³/mol. The highest BCUT2D eigenvalue weighted by atomic mass is 16.2. The summed E-state index contributed by atoms with van der Waals surface area (Å²) in [6, 6.07) is 7.52. The first-order valence-electron chi connectivity index (χ1n) is 6.24. The fraction of sp³-hybridized carbons (Fsp3) is 0.286. The van der Waals surface area contributed by atoms with Crippen molar-refractivity contribution in [2.45, 2.75) is 20.0 Å². The molecule has 0 aliphatic carbocycles. The van der Waals surface area contributed by atoms with Crippen LogP contribution in [0.25, 0.3) is 0 Å². The molecule has 1 atom stereocenters. The van der Waals surface area contributed by atoms with Crippen molar-refractivity contribution in [1.82, 2.24) is 15.1 Å². The van der Waals surface area contributed by atoms with E-state index in [4.69, 9.17) is 0 Å². The molecule has 1 aliphatic heterocycles. The number of fused-ring (bicyclic) bond motifs is 1. The van der Waals surface area contributed by atoms with E-state index in [1.54, 1.807) is 0 Å². The zero-order chi connectivity index (χ0) is 13.6. The van der Waals surface area contributed by atoms with Crippen molar-refractivity contribution in [3.63, 3.8) is 0 Å². The number of nitrogens with one attached hydrogen (secondary N) is 2. The molecule has 1 aromatic carbocycles. The van der Waals surface area contributed by atoms with E-state index in [2.05, 4.69) is 15.7 Å². The Kier molecular flexibility index (Phi) is 2.55. The Balaban J connectivity index is 2.04. The molecule has 0 fully saturated rings. The number of hydrogen-bond acceptors (Lipinski definition) is 3. The number of para-hydroxylation sites is 1. The van der Waals surface area contributed by atoms with Gasteiger partial charge in [-0.2, -0.15) is 5.10 Å². The lowest BCUT2D eigenvalue weighted by Crippen LogP contribution is -2.38. The van der Waals surface area contributed by atoms with E-state index in [0.29, 0.717) is 5.56 Å². The number of carbonyl (C=O) groups excluding carboxylic acids is 1. The number of aryl methyl sites for hydroxylation is 2. The van der Waals surface area contributed by atoms with Gasteiger partial charge in [-0.15, -0.1) is 0 Å². The van der Waals surface area contributed by atoms with Gasteiger partial charge in [0.2, 0.25) is 0 Å². The third-order valence-electron chi connectivity index (χ3n) is 3.60. The van der Waals surface area contributed by atoms with Crippen LogP contribution >= 0.6 is 0 Å². The van der Waals surface area contributed by atoms with Crippen molar-refractivity contribution < 1.29 is 4.79 Å². The van der Waals surface area contributed by atoms with Crippen molar-refractivity contribution in [2.24, 2.45) is 7.05 Å². The van der Waals surface area contributed by atoms with Crippen molar-refractivity contribution in [3.05, 3.63) is 46.8 Å². The molecule has 1 unspecified atom stereocenters.